The fourth-order valence-corrected chi connectivity index (χ4v) is 5.32. The van der Waals surface area contributed by atoms with Gasteiger partial charge in [-0.1, -0.05) is 88.8 Å². The number of amides is 1. The van der Waals surface area contributed by atoms with Crippen molar-refractivity contribution in [1.29, 1.82) is 0 Å². The molecule has 0 aliphatic carbocycles. The first-order chi connectivity index (χ1) is 16.7. The molecular formula is C25H43N5O4S. The monoisotopic (exact) mass is 509 g/mol. The summed E-state index contributed by atoms with van der Waals surface area (Å²) in [5.41, 5.74) is 8.76. The molecule has 0 spiro atoms. The van der Waals surface area contributed by atoms with Crippen LogP contribution in [-0.2, 0) is 15.1 Å². The Balaban J connectivity index is 0.000000351. The number of β-lactam (4-membered cyclic amide) rings is 1. The highest BCUT2D eigenvalue weighted by Crippen LogP contribution is 2.38. The van der Waals surface area contributed by atoms with Crippen LogP contribution in [0, 0.1) is 0 Å². The van der Waals surface area contributed by atoms with E-state index in [1.54, 1.807) is 30.3 Å². The summed E-state index contributed by atoms with van der Waals surface area (Å²) in [6.45, 7) is 15.0. The summed E-state index contributed by atoms with van der Waals surface area (Å²) in [5, 5.41) is 3.22. The van der Waals surface area contributed by atoms with E-state index in [0.717, 1.165) is 0 Å². The molecule has 1 aliphatic rings. The van der Waals surface area contributed by atoms with Gasteiger partial charge >= 0.3 is 0 Å². The molecule has 1 aromatic carbocycles. The molecule has 0 saturated carbocycles. The van der Waals surface area contributed by atoms with Crippen molar-refractivity contribution < 1.29 is 22.2 Å². The number of rotatable bonds is 15. The van der Waals surface area contributed by atoms with Crippen LogP contribution in [0.25, 0.3) is 10.4 Å². The zero-order valence-corrected chi connectivity index (χ0v) is 22.6. The molecule has 2 rings (SSSR count). The van der Waals surface area contributed by atoms with Crippen molar-refractivity contribution in [2.75, 3.05) is 26.2 Å². The van der Waals surface area contributed by atoms with Gasteiger partial charge in [0.25, 0.3) is 0 Å². The minimum Gasteiger partial charge on any atom is -0.731 e. The highest BCUT2D eigenvalue weighted by molar-refractivity contribution is 7.84. The molecule has 0 unspecified atom stereocenters. The lowest BCUT2D eigenvalue weighted by Gasteiger charge is -2.45. The second-order valence-corrected chi connectivity index (χ2v) is 10.5. The number of quaternary nitrogens is 1. The van der Waals surface area contributed by atoms with E-state index in [0.29, 0.717) is 5.56 Å². The van der Waals surface area contributed by atoms with E-state index >= 15 is 0 Å². The Kier molecular flexibility index (Phi) is 13.9. The molecule has 198 valence electrons. The lowest BCUT2D eigenvalue weighted by Crippen LogP contribution is -2.59. The molecule has 1 aromatic rings. The fourth-order valence-electron chi connectivity index (χ4n) is 4.48. The maximum Gasteiger partial charge on any atom is 0.247 e. The van der Waals surface area contributed by atoms with Crippen molar-refractivity contribution in [3.63, 3.8) is 0 Å². The van der Waals surface area contributed by atoms with E-state index in [9.17, 15) is 17.8 Å². The Labute approximate surface area is 211 Å². The number of unbranched alkanes of at least 4 members (excludes halogenated alkanes) is 4. The highest BCUT2D eigenvalue weighted by Gasteiger charge is 2.51. The number of hydrogen-bond donors (Lipinski definition) is 0. The Hall–Kier alpha value is -2.13. The van der Waals surface area contributed by atoms with Crippen LogP contribution in [0.4, 0.5) is 0 Å². The summed E-state index contributed by atoms with van der Waals surface area (Å²) in [4.78, 5) is 13.9. The van der Waals surface area contributed by atoms with Gasteiger partial charge in [-0.15, -0.1) is 0 Å². The Morgan fingerprint density at radius 1 is 0.914 bits per heavy atom. The lowest BCUT2D eigenvalue weighted by atomic mass is 9.92. The van der Waals surface area contributed by atoms with Gasteiger partial charge in [-0.3, -0.25) is 4.79 Å². The zero-order chi connectivity index (χ0) is 26.3. The summed E-state index contributed by atoms with van der Waals surface area (Å²) in [6, 6.07) is 5.80. The van der Waals surface area contributed by atoms with Gasteiger partial charge in [0.1, 0.15) is 6.04 Å². The van der Waals surface area contributed by atoms with Crippen LogP contribution in [0.1, 0.15) is 90.7 Å². The minimum absolute atomic E-state index is 0.196. The first kappa shape index (κ1) is 30.9. The predicted molar refractivity (Wildman–Crippen MR) is 138 cm³/mol. The number of hydrogen-bond acceptors (Lipinski definition) is 5. The van der Waals surface area contributed by atoms with Crippen LogP contribution >= 0.6 is 0 Å². The molecule has 1 amide bonds. The standard InChI is InChI=1S/C16H36N.C9H8N4O4S/c1-5-9-13-17(14-10-6-2,15-11-7-3)16-12-8-4;10-12-11-7-8(6-4-2-1-3-5-6)13(9(7)14)18(15,16)17/h5-16H2,1-4H3;1-5,7-8H,(H,15,16,17)/q+1;/p-1/t;7-,8+/m.0/s1. The van der Waals surface area contributed by atoms with Crippen molar-refractivity contribution in [3.8, 4) is 0 Å². The number of nitrogens with zero attached hydrogens (tertiary/aromatic N) is 5. The summed E-state index contributed by atoms with van der Waals surface area (Å²) in [6.07, 6.45) is 11.1. The first-order valence-electron chi connectivity index (χ1n) is 12.9. The zero-order valence-electron chi connectivity index (χ0n) is 21.8. The largest absolute Gasteiger partial charge is 0.731 e. The van der Waals surface area contributed by atoms with Crippen LogP contribution < -0.4 is 0 Å². The topological polar surface area (TPSA) is 126 Å². The number of carbonyl (C=O) groups is 1. The van der Waals surface area contributed by atoms with E-state index in [1.807, 2.05) is 0 Å². The summed E-state index contributed by atoms with van der Waals surface area (Å²) < 4.78 is 34.5. The summed E-state index contributed by atoms with van der Waals surface area (Å²) >= 11 is 0. The molecule has 35 heavy (non-hydrogen) atoms. The molecule has 0 radical (unpaired) electrons. The van der Waals surface area contributed by atoms with Crippen LogP contribution in [0.5, 0.6) is 0 Å². The van der Waals surface area contributed by atoms with Crippen molar-refractivity contribution in [2.45, 2.75) is 91.1 Å². The Bertz CT molecular complexity index is 866. The lowest BCUT2D eigenvalue weighted by molar-refractivity contribution is -0.929. The molecule has 0 N–H and O–H groups in total. The van der Waals surface area contributed by atoms with E-state index in [4.69, 9.17) is 5.53 Å². The Morgan fingerprint density at radius 2 is 1.34 bits per heavy atom. The average molecular weight is 510 g/mol. The maximum atomic E-state index is 11.5. The molecule has 1 saturated heterocycles. The van der Waals surface area contributed by atoms with Crippen LogP contribution in [0.2, 0.25) is 0 Å². The molecule has 0 aromatic heterocycles. The normalized spacial score (nSPS) is 17.7. The molecule has 1 aliphatic heterocycles. The first-order valence-corrected chi connectivity index (χ1v) is 14.3. The van der Waals surface area contributed by atoms with Gasteiger partial charge in [0.2, 0.25) is 5.91 Å². The minimum atomic E-state index is -4.91. The molecule has 10 heteroatoms. The third-order valence-corrected chi connectivity index (χ3v) is 7.41. The van der Waals surface area contributed by atoms with Crippen LogP contribution in [-0.4, -0.2) is 59.9 Å². The average Bonchev–Trinajstić information content (AvgIpc) is 2.84. The van der Waals surface area contributed by atoms with Gasteiger partial charge in [-0.2, -0.15) is 0 Å². The molecule has 1 heterocycles. The van der Waals surface area contributed by atoms with Crippen LogP contribution in [0.3, 0.4) is 0 Å². The molecular weight excluding hydrogens is 466 g/mol. The number of azide groups is 1. The van der Waals surface area contributed by atoms with Crippen molar-refractivity contribution in [1.82, 2.24) is 4.31 Å². The van der Waals surface area contributed by atoms with Gasteiger partial charge in [0.05, 0.1) is 32.2 Å². The van der Waals surface area contributed by atoms with E-state index < -0.39 is 28.3 Å². The predicted octanol–water partition coefficient (Wildman–Crippen LogP) is 5.71. The van der Waals surface area contributed by atoms with E-state index in [2.05, 4.69) is 37.7 Å². The van der Waals surface area contributed by atoms with Crippen molar-refractivity contribution >= 4 is 16.2 Å². The smallest absolute Gasteiger partial charge is 0.247 e. The Morgan fingerprint density at radius 3 is 1.69 bits per heavy atom. The summed E-state index contributed by atoms with van der Waals surface area (Å²) in [7, 11) is -4.91. The van der Waals surface area contributed by atoms with Gasteiger partial charge in [-0.25, -0.2) is 12.7 Å². The molecule has 0 bridgehead atoms. The van der Waals surface area contributed by atoms with E-state index in [-0.39, 0.29) is 4.31 Å². The highest BCUT2D eigenvalue weighted by atomic mass is 32.2. The fraction of sp³-hybridized carbons (Fsp3) is 0.720. The maximum absolute atomic E-state index is 11.5. The van der Waals surface area contributed by atoms with Gasteiger partial charge in [-0.05, 0) is 36.8 Å². The van der Waals surface area contributed by atoms with Crippen molar-refractivity contribution in [3.05, 3.63) is 46.3 Å². The van der Waals surface area contributed by atoms with Gasteiger partial charge in [0.15, 0.2) is 10.3 Å². The number of benzene rings is 1. The van der Waals surface area contributed by atoms with E-state index in [1.165, 1.54) is 82.0 Å². The summed E-state index contributed by atoms with van der Waals surface area (Å²) in [5.74, 6) is -1.00. The third-order valence-electron chi connectivity index (χ3n) is 6.52. The molecule has 2 atom stereocenters. The van der Waals surface area contributed by atoms with Gasteiger partial charge < -0.3 is 9.04 Å². The second-order valence-electron chi connectivity index (χ2n) is 9.25. The quantitative estimate of drug-likeness (QED) is 0.0749. The molecule has 1 fully saturated rings. The number of carbonyl (C=O) groups excluding carboxylic acids is 1. The van der Waals surface area contributed by atoms with Crippen molar-refractivity contribution in [2.24, 2.45) is 5.11 Å². The molecule has 9 nitrogen and oxygen atoms in total. The van der Waals surface area contributed by atoms with Crippen LogP contribution in [0.15, 0.2) is 35.4 Å². The SMILES string of the molecule is CCCC[N+](CCCC)(CCCC)CCCC.[N-]=[N+]=N[C@@H]1C(=O)N(S(=O)(=O)[O-])[C@@H]1c1ccccc1. The van der Waals surface area contributed by atoms with Gasteiger partial charge in [0, 0.05) is 4.91 Å². The second kappa shape index (κ2) is 15.8. The third kappa shape index (κ3) is 9.44.